The molecule has 0 unspecified atom stereocenters. The van der Waals surface area contributed by atoms with Gasteiger partial charge >= 0.3 is 0 Å². The molecule has 1 aromatic heterocycles. The highest BCUT2D eigenvalue weighted by Crippen LogP contribution is 2.20. The number of benzene rings is 3. The Hall–Kier alpha value is -3.97. The number of piperazine rings is 1. The van der Waals surface area contributed by atoms with Crippen molar-refractivity contribution in [2.75, 3.05) is 26.2 Å². The highest BCUT2D eigenvalue weighted by Gasteiger charge is 2.22. The molecule has 3 aromatic carbocycles. The first-order valence-corrected chi connectivity index (χ1v) is 11.4. The zero-order valence-electron chi connectivity index (χ0n) is 18.8. The van der Waals surface area contributed by atoms with E-state index in [1.165, 1.54) is 0 Å². The van der Waals surface area contributed by atoms with Crippen molar-refractivity contribution in [1.29, 1.82) is 0 Å². The van der Waals surface area contributed by atoms with Gasteiger partial charge in [-0.25, -0.2) is 0 Å². The van der Waals surface area contributed by atoms with Gasteiger partial charge in [0, 0.05) is 49.1 Å². The molecule has 172 valence electrons. The van der Waals surface area contributed by atoms with Gasteiger partial charge in [-0.15, -0.1) is 0 Å². The molecule has 2 N–H and O–H groups in total. The molecule has 0 radical (unpaired) electrons. The third-order valence-electron chi connectivity index (χ3n) is 6.54. The van der Waals surface area contributed by atoms with Crippen LogP contribution in [0.1, 0.15) is 15.9 Å². The molecule has 1 fully saturated rings. The lowest BCUT2D eigenvalue weighted by Crippen LogP contribution is -2.49. The number of hydrogen-bond donors (Lipinski definition) is 1. The van der Waals surface area contributed by atoms with E-state index in [1.54, 1.807) is 12.1 Å². The summed E-state index contributed by atoms with van der Waals surface area (Å²) in [5, 5.41) is 1.25. The van der Waals surface area contributed by atoms with Gasteiger partial charge in [-0.05, 0) is 42.0 Å². The molecule has 2 amide bonds. The van der Waals surface area contributed by atoms with Gasteiger partial charge in [0.1, 0.15) is 6.54 Å². The van der Waals surface area contributed by atoms with Crippen LogP contribution in [0.5, 0.6) is 0 Å². The summed E-state index contributed by atoms with van der Waals surface area (Å²) in [7, 11) is 0. The maximum absolute atomic E-state index is 13.3. The SMILES string of the molecule is NC(=O)c1ccc(CN2CCN(C(=O)Cn3c4ccccc4c(=O)c4ccccc43)CC2)cc1. The summed E-state index contributed by atoms with van der Waals surface area (Å²) in [6.45, 7) is 3.79. The monoisotopic (exact) mass is 454 g/mol. The number of nitrogens with two attached hydrogens (primary N) is 1. The van der Waals surface area contributed by atoms with E-state index in [2.05, 4.69) is 4.90 Å². The van der Waals surface area contributed by atoms with Crippen LogP contribution in [-0.4, -0.2) is 52.4 Å². The number of fused-ring (bicyclic) bond motifs is 2. The first-order chi connectivity index (χ1) is 16.5. The predicted molar refractivity (Wildman–Crippen MR) is 133 cm³/mol. The second-order valence-electron chi connectivity index (χ2n) is 8.67. The van der Waals surface area contributed by atoms with Crippen LogP contribution in [-0.2, 0) is 17.9 Å². The lowest BCUT2D eigenvalue weighted by atomic mass is 10.1. The summed E-state index contributed by atoms with van der Waals surface area (Å²) >= 11 is 0. The summed E-state index contributed by atoms with van der Waals surface area (Å²) in [4.78, 5) is 41.6. The molecule has 2 heterocycles. The lowest BCUT2D eigenvalue weighted by molar-refractivity contribution is -0.133. The number of rotatable bonds is 5. The number of pyridine rings is 1. The minimum atomic E-state index is -0.429. The first-order valence-electron chi connectivity index (χ1n) is 11.4. The second-order valence-corrected chi connectivity index (χ2v) is 8.67. The molecule has 0 aliphatic carbocycles. The van der Waals surface area contributed by atoms with Crippen LogP contribution < -0.4 is 11.2 Å². The maximum atomic E-state index is 13.3. The average Bonchev–Trinajstić information content (AvgIpc) is 2.87. The molecule has 7 nitrogen and oxygen atoms in total. The van der Waals surface area contributed by atoms with Gasteiger partial charge in [0.15, 0.2) is 5.43 Å². The third-order valence-corrected chi connectivity index (χ3v) is 6.54. The normalized spacial score (nSPS) is 14.5. The Morgan fingerprint density at radius 1 is 0.765 bits per heavy atom. The van der Waals surface area contributed by atoms with E-state index in [9.17, 15) is 14.4 Å². The molecule has 1 saturated heterocycles. The molecule has 0 bridgehead atoms. The van der Waals surface area contributed by atoms with Gasteiger partial charge in [0.2, 0.25) is 11.8 Å². The van der Waals surface area contributed by atoms with Crippen LogP contribution in [0.3, 0.4) is 0 Å². The number of amides is 2. The fourth-order valence-electron chi connectivity index (χ4n) is 4.67. The number of hydrogen-bond acceptors (Lipinski definition) is 4. The molecule has 1 aliphatic heterocycles. The largest absolute Gasteiger partial charge is 0.366 e. The molecule has 34 heavy (non-hydrogen) atoms. The van der Waals surface area contributed by atoms with Gasteiger partial charge in [0.25, 0.3) is 0 Å². The van der Waals surface area contributed by atoms with Gasteiger partial charge in [-0.1, -0.05) is 36.4 Å². The van der Waals surface area contributed by atoms with Crippen LogP contribution in [0.15, 0.2) is 77.6 Å². The van der Waals surface area contributed by atoms with Gasteiger partial charge in [-0.2, -0.15) is 0 Å². The third kappa shape index (κ3) is 4.18. The summed E-state index contributed by atoms with van der Waals surface area (Å²) in [6, 6.07) is 22.3. The molecular formula is C27H26N4O3. The van der Waals surface area contributed by atoms with Crippen LogP contribution in [0.25, 0.3) is 21.8 Å². The van der Waals surface area contributed by atoms with E-state index in [0.29, 0.717) is 29.4 Å². The summed E-state index contributed by atoms with van der Waals surface area (Å²) in [5.41, 5.74) is 8.46. The highest BCUT2D eigenvalue weighted by molar-refractivity contribution is 5.95. The Balaban J connectivity index is 1.30. The molecule has 0 spiro atoms. The standard InChI is InChI=1S/C27H26N4O3/c28-27(34)20-11-9-19(10-12-20)17-29-13-15-30(16-14-29)25(32)18-31-23-7-3-1-5-21(23)26(33)22-6-2-4-8-24(22)31/h1-12H,13-18H2,(H2,28,34). The van der Waals surface area contributed by atoms with Crippen molar-refractivity contribution in [3.8, 4) is 0 Å². The Morgan fingerprint density at radius 2 is 1.32 bits per heavy atom. The quantitative estimate of drug-likeness (QED) is 0.470. The van der Waals surface area contributed by atoms with Crippen molar-refractivity contribution in [2.24, 2.45) is 5.73 Å². The molecule has 4 aromatic rings. The summed E-state index contributed by atoms with van der Waals surface area (Å²) < 4.78 is 1.96. The molecular weight excluding hydrogens is 428 g/mol. The Labute approximate surface area is 197 Å². The smallest absolute Gasteiger partial charge is 0.248 e. The Kier molecular flexibility index (Phi) is 5.86. The van der Waals surface area contributed by atoms with Crippen LogP contribution >= 0.6 is 0 Å². The number of carbonyl (C=O) groups is 2. The number of primary amides is 1. The zero-order valence-corrected chi connectivity index (χ0v) is 18.8. The topological polar surface area (TPSA) is 88.6 Å². The summed E-state index contributed by atoms with van der Waals surface area (Å²) in [6.07, 6.45) is 0. The van der Waals surface area contributed by atoms with Crippen molar-refractivity contribution < 1.29 is 9.59 Å². The Morgan fingerprint density at radius 3 is 1.88 bits per heavy atom. The zero-order chi connectivity index (χ0) is 23.7. The van der Waals surface area contributed by atoms with E-state index in [1.807, 2.05) is 70.1 Å². The van der Waals surface area contributed by atoms with Crippen molar-refractivity contribution in [2.45, 2.75) is 13.1 Å². The molecule has 7 heteroatoms. The van der Waals surface area contributed by atoms with Gasteiger partial charge in [-0.3, -0.25) is 19.3 Å². The second kappa shape index (κ2) is 9.11. The fraction of sp³-hybridized carbons (Fsp3) is 0.222. The van der Waals surface area contributed by atoms with E-state index in [4.69, 9.17) is 5.73 Å². The molecule has 1 aliphatic rings. The van der Waals surface area contributed by atoms with Gasteiger partial charge in [0.05, 0.1) is 11.0 Å². The predicted octanol–water partition coefficient (Wildman–Crippen LogP) is 2.60. The number of aromatic nitrogens is 1. The highest BCUT2D eigenvalue weighted by atomic mass is 16.2. The van der Waals surface area contributed by atoms with Crippen LogP contribution in [0.4, 0.5) is 0 Å². The minimum Gasteiger partial charge on any atom is -0.366 e. The first kappa shape index (κ1) is 21.9. The number of para-hydroxylation sites is 2. The van der Waals surface area contributed by atoms with Crippen LogP contribution in [0, 0.1) is 0 Å². The van der Waals surface area contributed by atoms with Crippen molar-refractivity contribution in [3.63, 3.8) is 0 Å². The number of carbonyl (C=O) groups excluding carboxylic acids is 2. The molecule has 0 saturated carbocycles. The van der Waals surface area contributed by atoms with Crippen LogP contribution in [0.2, 0.25) is 0 Å². The van der Waals surface area contributed by atoms with E-state index in [0.717, 1.165) is 36.2 Å². The maximum Gasteiger partial charge on any atom is 0.248 e. The number of nitrogens with zero attached hydrogens (tertiary/aromatic N) is 3. The Bertz CT molecular complexity index is 1370. The average molecular weight is 455 g/mol. The van der Waals surface area contributed by atoms with E-state index in [-0.39, 0.29) is 17.9 Å². The minimum absolute atomic E-state index is 0.00706. The fourth-order valence-corrected chi connectivity index (χ4v) is 4.67. The van der Waals surface area contributed by atoms with Crippen molar-refractivity contribution in [3.05, 3.63) is 94.1 Å². The van der Waals surface area contributed by atoms with Crippen molar-refractivity contribution >= 4 is 33.6 Å². The van der Waals surface area contributed by atoms with Crippen molar-refractivity contribution in [1.82, 2.24) is 14.4 Å². The lowest BCUT2D eigenvalue weighted by Gasteiger charge is -2.35. The van der Waals surface area contributed by atoms with E-state index >= 15 is 0 Å². The molecule has 5 rings (SSSR count). The molecule has 0 atom stereocenters. The van der Waals surface area contributed by atoms with Gasteiger partial charge < -0.3 is 15.2 Å². The summed E-state index contributed by atoms with van der Waals surface area (Å²) in [5.74, 6) is -0.383. The van der Waals surface area contributed by atoms with E-state index < -0.39 is 5.91 Å².